The topological polar surface area (TPSA) is 76.5 Å². The van der Waals surface area contributed by atoms with Gasteiger partial charge >= 0.3 is 6.18 Å². The predicted octanol–water partition coefficient (Wildman–Crippen LogP) is 2.09. The van der Waals surface area contributed by atoms with Gasteiger partial charge in [0.15, 0.2) is 5.84 Å². The first-order chi connectivity index (χ1) is 11.7. The predicted molar refractivity (Wildman–Crippen MR) is 85.2 cm³/mol. The number of nitrogens with zero attached hydrogens (tertiary/aromatic N) is 4. The van der Waals surface area contributed by atoms with E-state index >= 15 is 0 Å². The quantitative estimate of drug-likeness (QED) is 0.900. The molecule has 2 heterocycles. The van der Waals surface area contributed by atoms with Crippen LogP contribution in [0.15, 0.2) is 35.3 Å². The Kier molecular flexibility index (Phi) is 4.11. The zero-order chi connectivity index (χ0) is 18.4. The highest BCUT2D eigenvalue weighted by molar-refractivity contribution is 6.08. The van der Waals surface area contributed by atoms with Crippen molar-refractivity contribution >= 4 is 11.7 Å². The number of rotatable bonds is 2. The van der Waals surface area contributed by atoms with E-state index in [0.29, 0.717) is 17.2 Å². The summed E-state index contributed by atoms with van der Waals surface area (Å²) in [4.78, 5) is 17.5. The number of carbonyl (C=O) groups is 1. The number of amides is 1. The number of hydrogen-bond donors (Lipinski definition) is 1. The van der Waals surface area contributed by atoms with E-state index in [1.165, 1.54) is 28.6 Å². The number of hydrogen-bond acceptors (Lipinski definition) is 4. The molecule has 0 aliphatic carbocycles. The summed E-state index contributed by atoms with van der Waals surface area (Å²) in [6.45, 7) is 3.31. The van der Waals surface area contributed by atoms with Crippen LogP contribution in [0.3, 0.4) is 0 Å². The van der Waals surface area contributed by atoms with E-state index in [1.807, 2.05) is 0 Å². The minimum atomic E-state index is -4.46. The highest BCUT2D eigenvalue weighted by Gasteiger charge is 2.32. The van der Waals surface area contributed by atoms with Crippen LogP contribution in [0.4, 0.5) is 13.2 Å². The van der Waals surface area contributed by atoms with E-state index in [2.05, 4.69) is 10.1 Å². The Labute approximate surface area is 141 Å². The average molecular weight is 351 g/mol. The standard InChI is InChI=1S/C16H16F3N5O/c1-9-6-13(15-21-14(20)8-23(15)10(2)25)24(22-9)12-5-3-4-11(7-12)16(17,18)19/h3-7,14H,8,20H2,1-2H3. The van der Waals surface area contributed by atoms with E-state index in [1.54, 1.807) is 13.0 Å². The fourth-order valence-electron chi connectivity index (χ4n) is 2.69. The monoisotopic (exact) mass is 351 g/mol. The lowest BCUT2D eigenvalue weighted by molar-refractivity contribution is -0.137. The third-order valence-corrected chi connectivity index (χ3v) is 3.77. The van der Waals surface area contributed by atoms with Crippen molar-refractivity contribution in [2.75, 3.05) is 6.54 Å². The van der Waals surface area contributed by atoms with Gasteiger partial charge in [-0.1, -0.05) is 6.07 Å². The molecule has 25 heavy (non-hydrogen) atoms. The summed E-state index contributed by atoms with van der Waals surface area (Å²) in [5.74, 6) is 0.0548. The molecule has 9 heteroatoms. The maximum absolute atomic E-state index is 13.0. The number of nitrogens with two attached hydrogens (primary N) is 1. The normalized spacial score (nSPS) is 17.8. The zero-order valence-corrected chi connectivity index (χ0v) is 13.6. The van der Waals surface area contributed by atoms with E-state index in [0.717, 1.165) is 12.1 Å². The van der Waals surface area contributed by atoms with Gasteiger partial charge < -0.3 is 5.73 Å². The number of benzene rings is 1. The molecule has 0 bridgehead atoms. The Morgan fingerprint density at radius 2 is 2.04 bits per heavy atom. The molecule has 1 aromatic carbocycles. The first-order valence-electron chi connectivity index (χ1n) is 7.53. The van der Waals surface area contributed by atoms with Gasteiger partial charge in [-0.3, -0.25) is 9.69 Å². The minimum absolute atomic E-state index is 0.220. The molecule has 2 aromatic rings. The second-order valence-electron chi connectivity index (χ2n) is 5.78. The molecule has 0 radical (unpaired) electrons. The minimum Gasteiger partial charge on any atom is -0.308 e. The average Bonchev–Trinajstić information content (AvgIpc) is 3.09. The molecular weight excluding hydrogens is 335 g/mol. The van der Waals surface area contributed by atoms with E-state index in [4.69, 9.17) is 5.73 Å². The Morgan fingerprint density at radius 3 is 2.68 bits per heavy atom. The highest BCUT2D eigenvalue weighted by Crippen LogP contribution is 2.30. The molecule has 0 spiro atoms. The molecule has 0 saturated heterocycles. The summed E-state index contributed by atoms with van der Waals surface area (Å²) in [6.07, 6.45) is -5.04. The van der Waals surface area contributed by atoms with Gasteiger partial charge in [-0.25, -0.2) is 9.67 Å². The van der Waals surface area contributed by atoms with Crippen molar-refractivity contribution in [3.8, 4) is 5.69 Å². The second-order valence-corrected chi connectivity index (χ2v) is 5.78. The first-order valence-corrected chi connectivity index (χ1v) is 7.53. The van der Waals surface area contributed by atoms with E-state index in [9.17, 15) is 18.0 Å². The Balaban J connectivity index is 2.12. The van der Waals surface area contributed by atoms with Gasteiger partial charge in [0.25, 0.3) is 0 Å². The van der Waals surface area contributed by atoms with Crippen molar-refractivity contribution in [1.29, 1.82) is 0 Å². The van der Waals surface area contributed by atoms with Crippen molar-refractivity contribution < 1.29 is 18.0 Å². The summed E-state index contributed by atoms with van der Waals surface area (Å²) >= 11 is 0. The van der Waals surface area contributed by atoms with Crippen LogP contribution in [0, 0.1) is 6.92 Å². The molecular formula is C16H16F3N5O. The lowest BCUT2D eigenvalue weighted by Gasteiger charge is -2.17. The van der Waals surface area contributed by atoms with Crippen LogP contribution in [0.5, 0.6) is 0 Å². The van der Waals surface area contributed by atoms with Crippen LogP contribution in [0.1, 0.15) is 23.9 Å². The summed E-state index contributed by atoms with van der Waals surface area (Å²) in [5.41, 5.74) is 6.25. The maximum atomic E-state index is 13.0. The Bertz CT molecular complexity index is 856. The van der Waals surface area contributed by atoms with Crippen LogP contribution in [-0.2, 0) is 11.0 Å². The van der Waals surface area contributed by atoms with E-state index < -0.39 is 17.9 Å². The number of aliphatic imine (C=N–C) groups is 1. The first kappa shape index (κ1) is 17.2. The lowest BCUT2D eigenvalue weighted by Crippen LogP contribution is -2.36. The molecule has 2 N–H and O–H groups in total. The van der Waals surface area contributed by atoms with Gasteiger partial charge in [0.1, 0.15) is 11.9 Å². The summed E-state index contributed by atoms with van der Waals surface area (Å²) in [7, 11) is 0. The number of halogens is 3. The fraction of sp³-hybridized carbons (Fsp3) is 0.312. The molecule has 1 aromatic heterocycles. The van der Waals surface area contributed by atoms with Gasteiger partial charge in [0.05, 0.1) is 23.5 Å². The second kappa shape index (κ2) is 5.99. The molecule has 1 aliphatic heterocycles. The van der Waals surface area contributed by atoms with Crippen molar-refractivity contribution in [1.82, 2.24) is 14.7 Å². The molecule has 1 atom stereocenters. The smallest absolute Gasteiger partial charge is 0.308 e. The van der Waals surface area contributed by atoms with Crippen molar-refractivity contribution in [3.05, 3.63) is 47.3 Å². The summed E-state index contributed by atoms with van der Waals surface area (Å²) < 4.78 is 40.3. The molecule has 1 amide bonds. The van der Waals surface area contributed by atoms with Crippen molar-refractivity contribution in [2.45, 2.75) is 26.2 Å². The summed E-state index contributed by atoms with van der Waals surface area (Å²) in [6, 6.07) is 6.48. The number of amidine groups is 1. The largest absolute Gasteiger partial charge is 0.416 e. The van der Waals surface area contributed by atoms with Crippen LogP contribution >= 0.6 is 0 Å². The Morgan fingerprint density at radius 1 is 1.32 bits per heavy atom. The zero-order valence-electron chi connectivity index (χ0n) is 13.6. The van der Waals surface area contributed by atoms with Crippen LogP contribution in [-0.4, -0.2) is 39.1 Å². The lowest BCUT2D eigenvalue weighted by atomic mass is 10.2. The van der Waals surface area contributed by atoms with Gasteiger partial charge in [0.2, 0.25) is 5.91 Å². The molecule has 1 aliphatic rings. The van der Waals surface area contributed by atoms with Crippen molar-refractivity contribution in [3.63, 3.8) is 0 Å². The van der Waals surface area contributed by atoms with E-state index in [-0.39, 0.29) is 18.1 Å². The highest BCUT2D eigenvalue weighted by atomic mass is 19.4. The SMILES string of the molecule is CC(=O)N1CC(N)N=C1c1cc(C)nn1-c1cccc(C(F)(F)F)c1. The molecule has 0 saturated carbocycles. The number of carbonyl (C=O) groups excluding carboxylic acids is 1. The molecule has 1 unspecified atom stereocenters. The van der Waals surface area contributed by atoms with Crippen LogP contribution in [0.2, 0.25) is 0 Å². The van der Waals surface area contributed by atoms with Crippen LogP contribution < -0.4 is 5.73 Å². The van der Waals surface area contributed by atoms with Crippen LogP contribution in [0.25, 0.3) is 5.69 Å². The third kappa shape index (κ3) is 3.27. The van der Waals surface area contributed by atoms with Gasteiger partial charge in [-0.15, -0.1) is 0 Å². The third-order valence-electron chi connectivity index (χ3n) is 3.77. The molecule has 0 fully saturated rings. The molecule has 3 rings (SSSR count). The number of aryl methyl sites for hydroxylation is 1. The number of aromatic nitrogens is 2. The summed E-state index contributed by atoms with van der Waals surface area (Å²) in [5, 5.41) is 4.26. The number of alkyl halides is 3. The van der Waals surface area contributed by atoms with Gasteiger partial charge in [0, 0.05) is 6.92 Å². The van der Waals surface area contributed by atoms with Gasteiger partial charge in [-0.05, 0) is 31.2 Å². The fourth-order valence-corrected chi connectivity index (χ4v) is 2.69. The van der Waals surface area contributed by atoms with Crippen molar-refractivity contribution in [2.24, 2.45) is 10.7 Å². The molecule has 132 valence electrons. The maximum Gasteiger partial charge on any atom is 0.416 e. The molecule has 6 nitrogen and oxygen atoms in total. The van der Waals surface area contributed by atoms with Gasteiger partial charge in [-0.2, -0.15) is 18.3 Å². The Hall–Kier alpha value is -2.68.